The van der Waals surface area contributed by atoms with E-state index in [9.17, 15) is 13.5 Å². The summed E-state index contributed by atoms with van der Waals surface area (Å²) in [5.74, 6) is -1.44. The fourth-order valence-electron chi connectivity index (χ4n) is 2.22. The van der Waals surface area contributed by atoms with E-state index in [4.69, 9.17) is 14.3 Å². The summed E-state index contributed by atoms with van der Waals surface area (Å²) in [5.41, 5.74) is 6.77. The number of benzene rings is 2. The average molecular weight is 345 g/mol. The summed E-state index contributed by atoms with van der Waals surface area (Å²) in [4.78, 5) is 0. The Morgan fingerprint density at radius 1 is 1.00 bits per heavy atom. The molecule has 3 aromatic rings. The van der Waals surface area contributed by atoms with Crippen molar-refractivity contribution < 1.29 is 22.1 Å². The molecule has 6 nitrogen and oxygen atoms in total. The van der Waals surface area contributed by atoms with Gasteiger partial charge in [-0.2, -0.15) is 8.42 Å². The van der Waals surface area contributed by atoms with Crippen LogP contribution < -0.4 is 9.92 Å². The van der Waals surface area contributed by atoms with E-state index in [2.05, 4.69) is 0 Å². The zero-order valence-electron chi connectivity index (χ0n) is 12.5. The topological polar surface area (TPSA) is 103 Å². The van der Waals surface area contributed by atoms with Gasteiger partial charge in [0.25, 0.3) is 0 Å². The first-order valence-electron chi connectivity index (χ1n) is 7.09. The minimum absolute atomic E-state index is 0.0537. The molecule has 0 atom stereocenters. The van der Waals surface area contributed by atoms with Crippen LogP contribution in [-0.2, 0) is 15.9 Å². The van der Waals surface area contributed by atoms with Crippen molar-refractivity contribution in [3.8, 4) is 22.8 Å². The molecule has 0 aliphatic heterocycles. The summed E-state index contributed by atoms with van der Waals surface area (Å²) >= 11 is 0. The van der Waals surface area contributed by atoms with E-state index < -0.39 is 21.6 Å². The predicted molar refractivity (Wildman–Crippen MR) is 89.9 cm³/mol. The largest absolute Gasteiger partial charge is 0.501 e. The number of nitrogens with two attached hydrogens (primary N) is 1. The van der Waals surface area contributed by atoms with Crippen LogP contribution in [0, 0.1) is 0 Å². The maximum atomic E-state index is 12.2. The summed E-state index contributed by atoms with van der Waals surface area (Å²) in [6, 6.07) is 17.2. The van der Waals surface area contributed by atoms with Crippen molar-refractivity contribution in [2.24, 2.45) is 0 Å². The van der Waals surface area contributed by atoms with Crippen molar-refractivity contribution in [3.63, 3.8) is 0 Å². The summed E-state index contributed by atoms with van der Waals surface area (Å²) in [6.45, 7) is 0. The van der Waals surface area contributed by atoms with Crippen molar-refractivity contribution in [2.45, 2.75) is 5.75 Å². The third-order valence-corrected chi connectivity index (χ3v) is 4.41. The van der Waals surface area contributed by atoms with Gasteiger partial charge in [0.15, 0.2) is 5.76 Å². The quantitative estimate of drug-likeness (QED) is 0.689. The molecule has 0 radical (unpaired) electrons. The summed E-state index contributed by atoms with van der Waals surface area (Å²) < 4.78 is 34.6. The second-order valence-electron chi connectivity index (χ2n) is 5.11. The van der Waals surface area contributed by atoms with Gasteiger partial charge in [-0.15, -0.1) is 0 Å². The lowest BCUT2D eigenvalue weighted by Crippen LogP contribution is -2.12. The molecular weight excluding hydrogens is 330 g/mol. The van der Waals surface area contributed by atoms with Crippen molar-refractivity contribution in [3.05, 3.63) is 66.2 Å². The average Bonchev–Trinajstić information content (AvgIpc) is 2.84. The summed E-state index contributed by atoms with van der Waals surface area (Å²) in [5, 5.41) is 10.2. The molecule has 2 aromatic carbocycles. The van der Waals surface area contributed by atoms with Crippen LogP contribution in [0.5, 0.6) is 11.5 Å². The summed E-state index contributed by atoms with van der Waals surface area (Å²) in [7, 11) is -4.00. The molecule has 0 amide bonds. The third kappa shape index (κ3) is 3.36. The van der Waals surface area contributed by atoms with Crippen LogP contribution in [0.4, 0.5) is 5.88 Å². The number of rotatable bonds is 5. The highest BCUT2D eigenvalue weighted by atomic mass is 32.2. The normalized spacial score (nSPS) is 11.3. The standard InChI is InChI=1S/C17H15NO5S/c18-17-16(14(19)15(22-17)13-9-5-2-6-10-13)23-24(20,21)11-12-7-3-1-4-8-12/h1-10,19H,11,18H2. The Morgan fingerprint density at radius 2 is 1.58 bits per heavy atom. The molecule has 0 spiro atoms. The van der Waals surface area contributed by atoms with Crippen LogP contribution in [0.15, 0.2) is 65.1 Å². The molecule has 7 heteroatoms. The van der Waals surface area contributed by atoms with Gasteiger partial charge >= 0.3 is 10.1 Å². The smallest absolute Gasteiger partial charge is 0.313 e. The first-order valence-corrected chi connectivity index (χ1v) is 8.67. The highest BCUT2D eigenvalue weighted by molar-refractivity contribution is 7.86. The Balaban J connectivity index is 1.89. The molecule has 0 aliphatic rings. The van der Waals surface area contributed by atoms with Crippen molar-refractivity contribution >= 4 is 16.0 Å². The van der Waals surface area contributed by atoms with Gasteiger partial charge in [0.2, 0.25) is 17.4 Å². The fourth-order valence-corrected chi connectivity index (χ4v) is 3.30. The van der Waals surface area contributed by atoms with Gasteiger partial charge in [-0.05, 0) is 5.56 Å². The molecule has 24 heavy (non-hydrogen) atoms. The lowest BCUT2D eigenvalue weighted by atomic mass is 10.1. The lowest BCUT2D eigenvalue weighted by Gasteiger charge is -2.06. The predicted octanol–water partition coefficient (Wildman–Crippen LogP) is 3.14. The van der Waals surface area contributed by atoms with E-state index in [1.807, 2.05) is 0 Å². The van der Waals surface area contributed by atoms with E-state index in [-0.39, 0.29) is 17.4 Å². The van der Waals surface area contributed by atoms with Gasteiger partial charge < -0.3 is 19.4 Å². The van der Waals surface area contributed by atoms with E-state index in [1.165, 1.54) is 0 Å². The SMILES string of the molecule is Nc1oc(-c2ccccc2)c(O)c1OS(=O)(=O)Cc1ccccc1. The molecule has 0 bridgehead atoms. The number of furan rings is 1. The molecule has 124 valence electrons. The second kappa shape index (κ2) is 6.29. The van der Waals surface area contributed by atoms with E-state index in [0.717, 1.165) is 0 Å². The van der Waals surface area contributed by atoms with Crippen molar-refractivity contribution in [1.82, 2.24) is 0 Å². The maximum Gasteiger partial charge on any atom is 0.313 e. The minimum atomic E-state index is -4.00. The molecule has 3 rings (SSSR count). The Kier molecular flexibility index (Phi) is 4.18. The van der Waals surface area contributed by atoms with Crippen LogP contribution in [0.3, 0.4) is 0 Å². The molecule has 0 saturated heterocycles. The fraction of sp³-hybridized carbons (Fsp3) is 0.0588. The zero-order valence-corrected chi connectivity index (χ0v) is 13.4. The summed E-state index contributed by atoms with van der Waals surface area (Å²) in [6.07, 6.45) is 0. The molecule has 1 aromatic heterocycles. The highest BCUT2D eigenvalue weighted by Gasteiger charge is 2.26. The molecule has 3 N–H and O–H groups in total. The van der Waals surface area contributed by atoms with Gasteiger partial charge in [0.05, 0.1) is 0 Å². The van der Waals surface area contributed by atoms with Crippen molar-refractivity contribution in [2.75, 3.05) is 5.73 Å². The second-order valence-corrected chi connectivity index (χ2v) is 6.68. The minimum Gasteiger partial charge on any atom is -0.501 e. The molecule has 0 aliphatic carbocycles. The lowest BCUT2D eigenvalue weighted by molar-refractivity contribution is 0.432. The van der Waals surface area contributed by atoms with Crippen LogP contribution in [0.25, 0.3) is 11.3 Å². The molecule has 0 saturated carbocycles. The van der Waals surface area contributed by atoms with Crippen molar-refractivity contribution in [1.29, 1.82) is 0 Å². The van der Waals surface area contributed by atoms with Crippen LogP contribution >= 0.6 is 0 Å². The van der Waals surface area contributed by atoms with E-state index in [1.54, 1.807) is 60.7 Å². The number of nitrogen functional groups attached to an aromatic ring is 1. The molecule has 0 unspecified atom stereocenters. The van der Waals surface area contributed by atoms with Gasteiger partial charge in [-0.25, -0.2) is 0 Å². The van der Waals surface area contributed by atoms with Gasteiger partial charge in [0.1, 0.15) is 5.75 Å². The van der Waals surface area contributed by atoms with E-state index >= 15 is 0 Å². The number of hydrogen-bond donors (Lipinski definition) is 2. The number of hydrogen-bond acceptors (Lipinski definition) is 6. The van der Waals surface area contributed by atoms with E-state index in [0.29, 0.717) is 11.1 Å². The first-order chi connectivity index (χ1) is 11.5. The van der Waals surface area contributed by atoms with Gasteiger partial charge in [-0.1, -0.05) is 60.7 Å². The van der Waals surface area contributed by atoms with Gasteiger partial charge in [-0.3, -0.25) is 0 Å². The third-order valence-electron chi connectivity index (χ3n) is 3.30. The molecule has 0 fully saturated rings. The molecule has 1 heterocycles. The van der Waals surface area contributed by atoms with Gasteiger partial charge in [0, 0.05) is 5.56 Å². The highest BCUT2D eigenvalue weighted by Crippen LogP contribution is 2.45. The number of anilines is 1. The zero-order chi connectivity index (χ0) is 17.2. The van der Waals surface area contributed by atoms with Crippen LogP contribution in [0.1, 0.15) is 5.56 Å². The molecular formula is C17H15NO5S. The van der Waals surface area contributed by atoms with Crippen LogP contribution in [-0.4, -0.2) is 13.5 Å². The number of aromatic hydroxyl groups is 1. The van der Waals surface area contributed by atoms with Crippen LogP contribution in [0.2, 0.25) is 0 Å². The Hall–Kier alpha value is -2.93. The maximum absolute atomic E-state index is 12.2. The first kappa shape index (κ1) is 15.9. The Bertz CT molecular complexity index is 934. The monoisotopic (exact) mass is 345 g/mol. The Labute approximate surface area is 139 Å². The Morgan fingerprint density at radius 3 is 2.21 bits per heavy atom.